The zero-order valence-electron chi connectivity index (χ0n) is 10.00. The van der Waals surface area contributed by atoms with E-state index in [4.69, 9.17) is 0 Å². The maximum absolute atomic E-state index is 3.86. The molecule has 0 amide bonds. The highest BCUT2D eigenvalue weighted by atomic mass is 32.1. The van der Waals surface area contributed by atoms with Crippen molar-refractivity contribution in [2.45, 2.75) is 13.0 Å². The van der Waals surface area contributed by atoms with E-state index >= 15 is 0 Å². The predicted octanol–water partition coefficient (Wildman–Crippen LogP) is 3.86. The molecule has 0 aliphatic heterocycles. The molecule has 1 heterocycles. The number of fused-ring (bicyclic) bond motifs is 1. The van der Waals surface area contributed by atoms with E-state index in [-0.39, 0.29) is 6.04 Å². The lowest BCUT2D eigenvalue weighted by Crippen LogP contribution is -2.05. The van der Waals surface area contributed by atoms with Gasteiger partial charge in [-0.3, -0.25) is 0 Å². The van der Waals surface area contributed by atoms with Crippen molar-refractivity contribution in [3.63, 3.8) is 0 Å². The van der Waals surface area contributed by atoms with E-state index < -0.39 is 0 Å². The van der Waals surface area contributed by atoms with Crippen LogP contribution in [0.3, 0.4) is 0 Å². The lowest BCUT2D eigenvalue weighted by molar-refractivity contribution is 0.898. The smallest absolute Gasteiger partial charge is 0.130 e. The SMILES string of the molecule is CC(Nc1cnns1)c1cccc2ccccc12. The summed E-state index contributed by atoms with van der Waals surface area (Å²) >= 11 is 1.38. The van der Waals surface area contributed by atoms with Gasteiger partial charge in [0.15, 0.2) is 0 Å². The Labute approximate surface area is 110 Å². The minimum absolute atomic E-state index is 0.235. The summed E-state index contributed by atoms with van der Waals surface area (Å²) in [5.74, 6) is 0. The number of nitrogens with one attached hydrogen (secondary N) is 1. The maximum atomic E-state index is 3.86. The minimum Gasteiger partial charge on any atom is -0.368 e. The molecule has 3 nitrogen and oxygen atoms in total. The van der Waals surface area contributed by atoms with Gasteiger partial charge in [0, 0.05) is 17.6 Å². The van der Waals surface area contributed by atoms with Gasteiger partial charge in [-0.25, -0.2) is 0 Å². The van der Waals surface area contributed by atoms with Crippen LogP contribution in [0.4, 0.5) is 5.00 Å². The molecule has 0 radical (unpaired) electrons. The van der Waals surface area contributed by atoms with Gasteiger partial charge >= 0.3 is 0 Å². The highest BCUT2D eigenvalue weighted by Crippen LogP contribution is 2.27. The topological polar surface area (TPSA) is 37.8 Å². The van der Waals surface area contributed by atoms with Crippen LogP contribution in [0.1, 0.15) is 18.5 Å². The number of hydrogen-bond donors (Lipinski definition) is 1. The van der Waals surface area contributed by atoms with Crippen LogP contribution in [0, 0.1) is 0 Å². The van der Waals surface area contributed by atoms with Gasteiger partial charge in [0.25, 0.3) is 0 Å². The molecule has 1 aromatic heterocycles. The lowest BCUT2D eigenvalue weighted by Gasteiger charge is -2.15. The third-order valence-electron chi connectivity index (χ3n) is 3.01. The molecule has 4 heteroatoms. The molecule has 3 aromatic rings. The molecule has 2 aromatic carbocycles. The van der Waals surface area contributed by atoms with Crippen LogP contribution in [-0.4, -0.2) is 9.59 Å². The van der Waals surface area contributed by atoms with Gasteiger partial charge in [-0.1, -0.05) is 47.0 Å². The zero-order chi connectivity index (χ0) is 12.4. The molecule has 1 atom stereocenters. The van der Waals surface area contributed by atoms with Crippen molar-refractivity contribution in [2.75, 3.05) is 5.32 Å². The number of hydrogen-bond acceptors (Lipinski definition) is 4. The largest absolute Gasteiger partial charge is 0.368 e. The molecule has 0 saturated heterocycles. The zero-order valence-corrected chi connectivity index (χ0v) is 10.8. The monoisotopic (exact) mass is 255 g/mol. The van der Waals surface area contributed by atoms with Crippen LogP contribution in [-0.2, 0) is 0 Å². The van der Waals surface area contributed by atoms with Crippen LogP contribution in [0.5, 0.6) is 0 Å². The van der Waals surface area contributed by atoms with E-state index in [0.29, 0.717) is 0 Å². The van der Waals surface area contributed by atoms with Crippen LogP contribution in [0.25, 0.3) is 10.8 Å². The van der Waals surface area contributed by atoms with Gasteiger partial charge in [-0.05, 0) is 23.3 Å². The second-order valence-electron chi connectivity index (χ2n) is 4.22. The summed E-state index contributed by atoms with van der Waals surface area (Å²) in [4.78, 5) is 0. The predicted molar refractivity (Wildman–Crippen MR) is 75.9 cm³/mol. The highest BCUT2D eigenvalue weighted by molar-refractivity contribution is 7.09. The Morgan fingerprint density at radius 3 is 2.78 bits per heavy atom. The third kappa shape index (κ3) is 2.07. The molecule has 0 aliphatic carbocycles. The minimum atomic E-state index is 0.235. The molecule has 0 spiro atoms. The molecule has 3 rings (SSSR count). The molecular formula is C14H13N3S. The van der Waals surface area contributed by atoms with E-state index in [1.165, 1.54) is 27.9 Å². The molecule has 0 fully saturated rings. The average Bonchev–Trinajstić information content (AvgIpc) is 2.91. The summed E-state index contributed by atoms with van der Waals surface area (Å²) < 4.78 is 3.86. The van der Waals surface area contributed by atoms with Crippen molar-refractivity contribution in [1.29, 1.82) is 0 Å². The van der Waals surface area contributed by atoms with Crippen molar-refractivity contribution >= 4 is 27.3 Å². The quantitative estimate of drug-likeness (QED) is 0.772. The number of nitrogens with zero attached hydrogens (tertiary/aromatic N) is 2. The van der Waals surface area contributed by atoms with Crippen LogP contribution in [0.15, 0.2) is 48.7 Å². The van der Waals surface area contributed by atoms with Gasteiger partial charge in [0.1, 0.15) is 5.00 Å². The fourth-order valence-corrected chi connectivity index (χ4v) is 2.66. The molecule has 0 aliphatic rings. The number of aromatic nitrogens is 2. The molecule has 0 saturated carbocycles. The Morgan fingerprint density at radius 2 is 1.94 bits per heavy atom. The highest BCUT2D eigenvalue weighted by Gasteiger charge is 2.09. The first-order valence-electron chi connectivity index (χ1n) is 5.86. The number of anilines is 1. The lowest BCUT2D eigenvalue weighted by atomic mass is 10.00. The maximum Gasteiger partial charge on any atom is 0.130 e. The van der Waals surface area contributed by atoms with Crippen molar-refractivity contribution in [3.8, 4) is 0 Å². The summed E-state index contributed by atoms with van der Waals surface area (Å²) in [7, 11) is 0. The Hall–Kier alpha value is -1.94. The third-order valence-corrected chi connectivity index (χ3v) is 3.61. The summed E-state index contributed by atoms with van der Waals surface area (Å²) in [5.41, 5.74) is 1.29. The van der Waals surface area contributed by atoms with Gasteiger partial charge in [-0.2, -0.15) is 0 Å². The van der Waals surface area contributed by atoms with E-state index in [1.54, 1.807) is 6.20 Å². The van der Waals surface area contributed by atoms with E-state index in [0.717, 1.165) is 5.00 Å². The van der Waals surface area contributed by atoms with E-state index in [2.05, 4.69) is 64.3 Å². The van der Waals surface area contributed by atoms with Gasteiger partial charge in [0.2, 0.25) is 0 Å². The second-order valence-corrected chi connectivity index (χ2v) is 5.00. The normalized spacial score (nSPS) is 12.5. The van der Waals surface area contributed by atoms with Crippen molar-refractivity contribution < 1.29 is 0 Å². The van der Waals surface area contributed by atoms with E-state index in [9.17, 15) is 0 Å². The van der Waals surface area contributed by atoms with Gasteiger partial charge in [0.05, 0.1) is 6.20 Å². The average molecular weight is 255 g/mol. The molecule has 0 bridgehead atoms. The Kier molecular flexibility index (Phi) is 2.94. The van der Waals surface area contributed by atoms with Crippen LogP contribution < -0.4 is 5.32 Å². The van der Waals surface area contributed by atoms with Crippen molar-refractivity contribution in [3.05, 3.63) is 54.2 Å². The van der Waals surface area contributed by atoms with Crippen molar-refractivity contribution in [1.82, 2.24) is 9.59 Å². The summed E-state index contributed by atoms with van der Waals surface area (Å²) in [5, 5.41) is 10.8. The first-order chi connectivity index (χ1) is 8.84. The number of rotatable bonds is 3. The molecule has 1 unspecified atom stereocenters. The molecule has 90 valence electrons. The number of benzene rings is 2. The van der Waals surface area contributed by atoms with E-state index in [1.807, 2.05) is 0 Å². The van der Waals surface area contributed by atoms with Crippen LogP contribution >= 0.6 is 11.5 Å². The standard InChI is InChI=1S/C14H13N3S/c1-10(16-14-9-15-17-18-14)12-8-4-6-11-5-2-3-7-13(11)12/h2-10,16H,1H3. The fourth-order valence-electron chi connectivity index (χ4n) is 2.15. The van der Waals surface area contributed by atoms with Gasteiger partial charge in [-0.15, -0.1) is 5.10 Å². The Bertz CT molecular complexity index is 644. The van der Waals surface area contributed by atoms with Crippen LogP contribution in [0.2, 0.25) is 0 Å². The first kappa shape index (κ1) is 11.2. The second kappa shape index (κ2) is 4.74. The van der Waals surface area contributed by atoms with Crippen molar-refractivity contribution in [2.24, 2.45) is 0 Å². The summed E-state index contributed by atoms with van der Waals surface area (Å²) in [6.07, 6.45) is 1.76. The van der Waals surface area contributed by atoms with Gasteiger partial charge < -0.3 is 5.32 Å². The fraction of sp³-hybridized carbons (Fsp3) is 0.143. The Balaban J connectivity index is 1.98. The summed E-state index contributed by atoms with van der Waals surface area (Å²) in [6, 6.07) is 15.1. The molecule has 18 heavy (non-hydrogen) atoms. The Morgan fingerprint density at radius 1 is 1.11 bits per heavy atom. The summed E-state index contributed by atoms with van der Waals surface area (Å²) in [6.45, 7) is 2.15. The molecule has 1 N–H and O–H groups in total. The molecular weight excluding hydrogens is 242 g/mol. The first-order valence-corrected chi connectivity index (χ1v) is 6.63.